The van der Waals surface area contributed by atoms with Crippen LogP contribution in [0.3, 0.4) is 0 Å². The standard InChI is InChI=1S/C20H24BrN5O2/c1-14(2)17(24-18(27)15-4-6-16(21)7-5-15)19(28)25-10-12-26(13-11-25)20-22-8-3-9-23-20/h3-9,14,17H,10-13H2,1-2H3,(H,24,27). The van der Waals surface area contributed by atoms with Crippen molar-refractivity contribution in [1.29, 1.82) is 0 Å². The number of benzene rings is 1. The minimum absolute atomic E-state index is 0.0117. The maximum Gasteiger partial charge on any atom is 0.251 e. The molecule has 2 amide bonds. The Kier molecular flexibility index (Phi) is 6.61. The molecule has 0 saturated carbocycles. The SMILES string of the molecule is CC(C)C(NC(=O)c1ccc(Br)cc1)C(=O)N1CCN(c2ncccn2)CC1. The average Bonchev–Trinajstić information content (AvgIpc) is 2.72. The van der Waals surface area contributed by atoms with E-state index in [1.54, 1.807) is 30.6 Å². The molecule has 0 spiro atoms. The molecule has 1 N–H and O–H groups in total. The number of carbonyl (C=O) groups is 2. The van der Waals surface area contributed by atoms with Gasteiger partial charge in [0.1, 0.15) is 6.04 Å². The average molecular weight is 446 g/mol. The smallest absolute Gasteiger partial charge is 0.251 e. The number of anilines is 1. The predicted molar refractivity (Wildman–Crippen MR) is 111 cm³/mol. The van der Waals surface area contributed by atoms with E-state index in [0.29, 0.717) is 37.7 Å². The number of piperazine rings is 1. The summed E-state index contributed by atoms with van der Waals surface area (Å²) in [6.07, 6.45) is 3.43. The van der Waals surface area contributed by atoms with Gasteiger partial charge < -0.3 is 15.1 Å². The summed E-state index contributed by atoms with van der Waals surface area (Å²) in [5.74, 6) is 0.380. The monoisotopic (exact) mass is 445 g/mol. The number of hydrogen-bond acceptors (Lipinski definition) is 5. The van der Waals surface area contributed by atoms with Crippen molar-refractivity contribution < 1.29 is 9.59 Å². The maximum atomic E-state index is 13.1. The second-order valence-corrected chi connectivity index (χ2v) is 7.98. The first-order chi connectivity index (χ1) is 13.5. The summed E-state index contributed by atoms with van der Waals surface area (Å²) >= 11 is 3.36. The van der Waals surface area contributed by atoms with Crippen molar-refractivity contribution in [2.75, 3.05) is 31.1 Å². The van der Waals surface area contributed by atoms with Crippen LogP contribution in [-0.4, -0.2) is 58.9 Å². The van der Waals surface area contributed by atoms with Gasteiger partial charge in [-0.2, -0.15) is 0 Å². The van der Waals surface area contributed by atoms with Crippen molar-refractivity contribution in [2.45, 2.75) is 19.9 Å². The van der Waals surface area contributed by atoms with Crippen LogP contribution in [-0.2, 0) is 4.79 Å². The molecule has 1 fully saturated rings. The Hall–Kier alpha value is -2.48. The molecule has 2 aromatic rings. The van der Waals surface area contributed by atoms with Crippen LogP contribution in [0.15, 0.2) is 47.2 Å². The van der Waals surface area contributed by atoms with Crippen LogP contribution in [0.25, 0.3) is 0 Å². The normalized spacial score (nSPS) is 15.4. The molecule has 1 aromatic heterocycles. The number of amides is 2. The van der Waals surface area contributed by atoms with Gasteiger partial charge in [-0.25, -0.2) is 9.97 Å². The van der Waals surface area contributed by atoms with Gasteiger partial charge in [0, 0.05) is 48.6 Å². The minimum Gasteiger partial charge on any atom is -0.340 e. The van der Waals surface area contributed by atoms with Gasteiger partial charge in [-0.05, 0) is 36.2 Å². The summed E-state index contributed by atoms with van der Waals surface area (Å²) in [5, 5.41) is 2.91. The summed E-state index contributed by atoms with van der Waals surface area (Å²) in [4.78, 5) is 38.0. The lowest BCUT2D eigenvalue weighted by atomic mass is 10.0. The van der Waals surface area contributed by atoms with E-state index in [0.717, 1.165) is 4.47 Å². The fraction of sp³-hybridized carbons (Fsp3) is 0.400. The Morgan fingerprint density at radius 1 is 1.04 bits per heavy atom. The molecule has 3 rings (SSSR count). The molecule has 148 valence electrons. The van der Waals surface area contributed by atoms with Crippen LogP contribution < -0.4 is 10.2 Å². The third-order valence-corrected chi connectivity index (χ3v) is 5.28. The van der Waals surface area contributed by atoms with Crippen molar-refractivity contribution >= 4 is 33.7 Å². The zero-order chi connectivity index (χ0) is 20.1. The summed E-state index contributed by atoms with van der Waals surface area (Å²) in [7, 11) is 0. The molecule has 2 heterocycles. The molecule has 1 aromatic carbocycles. The molecule has 1 saturated heterocycles. The Balaban J connectivity index is 1.62. The number of hydrogen-bond donors (Lipinski definition) is 1. The summed E-state index contributed by atoms with van der Waals surface area (Å²) in [5.41, 5.74) is 0.535. The van der Waals surface area contributed by atoms with Crippen molar-refractivity contribution in [3.8, 4) is 0 Å². The Labute approximate surface area is 173 Å². The molecule has 1 aliphatic rings. The minimum atomic E-state index is -0.560. The fourth-order valence-corrected chi connectivity index (χ4v) is 3.38. The molecule has 28 heavy (non-hydrogen) atoms. The zero-order valence-electron chi connectivity index (χ0n) is 16.0. The highest BCUT2D eigenvalue weighted by Gasteiger charge is 2.31. The first-order valence-electron chi connectivity index (χ1n) is 9.33. The molecule has 0 aliphatic carbocycles. The largest absolute Gasteiger partial charge is 0.340 e. The zero-order valence-corrected chi connectivity index (χ0v) is 17.6. The molecular formula is C20H24BrN5O2. The molecule has 1 aliphatic heterocycles. The lowest BCUT2D eigenvalue weighted by Crippen LogP contribution is -2.56. The highest BCUT2D eigenvalue weighted by molar-refractivity contribution is 9.10. The lowest BCUT2D eigenvalue weighted by molar-refractivity contribution is -0.134. The van der Waals surface area contributed by atoms with Gasteiger partial charge in [-0.1, -0.05) is 29.8 Å². The molecule has 7 nitrogen and oxygen atoms in total. The first-order valence-corrected chi connectivity index (χ1v) is 10.1. The van der Waals surface area contributed by atoms with Crippen LogP contribution in [0.2, 0.25) is 0 Å². The number of nitrogens with zero attached hydrogens (tertiary/aromatic N) is 4. The van der Waals surface area contributed by atoms with E-state index in [2.05, 4.69) is 36.1 Å². The molecule has 8 heteroatoms. The number of aromatic nitrogens is 2. The lowest BCUT2D eigenvalue weighted by Gasteiger charge is -2.37. The number of rotatable bonds is 5. The van der Waals surface area contributed by atoms with Crippen LogP contribution >= 0.6 is 15.9 Å². The molecular weight excluding hydrogens is 422 g/mol. The van der Waals surface area contributed by atoms with E-state index in [1.165, 1.54) is 0 Å². The molecule has 1 unspecified atom stereocenters. The molecule has 1 atom stereocenters. The summed E-state index contributed by atoms with van der Waals surface area (Å²) in [6, 6.07) is 8.32. The fourth-order valence-electron chi connectivity index (χ4n) is 3.12. The number of halogens is 1. The van der Waals surface area contributed by atoms with E-state index in [4.69, 9.17) is 0 Å². The Morgan fingerprint density at radius 2 is 1.64 bits per heavy atom. The van der Waals surface area contributed by atoms with E-state index >= 15 is 0 Å². The second-order valence-electron chi connectivity index (χ2n) is 7.06. The van der Waals surface area contributed by atoms with Crippen molar-refractivity contribution in [3.05, 3.63) is 52.8 Å². The third kappa shape index (κ3) is 4.86. The highest BCUT2D eigenvalue weighted by Crippen LogP contribution is 2.15. The van der Waals surface area contributed by atoms with Gasteiger partial charge in [0.25, 0.3) is 5.91 Å². The Bertz CT molecular complexity index is 805. The summed E-state index contributed by atoms with van der Waals surface area (Å²) in [6.45, 7) is 6.38. The third-order valence-electron chi connectivity index (χ3n) is 4.75. The van der Waals surface area contributed by atoms with Crippen LogP contribution in [0.4, 0.5) is 5.95 Å². The number of carbonyl (C=O) groups excluding carboxylic acids is 2. The topological polar surface area (TPSA) is 78.4 Å². The van der Waals surface area contributed by atoms with Gasteiger partial charge in [-0.15, -0.1) is 0 Å². The van der Waals surface area contributed by atoms with Crippen LogP contribution in [0.5, 0.6) is 0 Å². The molecule has 0 bridgehead atoms. The van der Waals surface area contributed by atoms with Gasteiger partial charge in [0.05, 0.1) is 0 Å². The van der Waals surface area contributed by atoms with Gasteiger partial charge in [0.15, 0.2) is 0 Å². The van der Waals surface area contributed by atoms with Crippen LogP contribution in [0.1, 0.15) is 24.2 Å². The highest BCUT2D eigenvalue weighted by atomic mass is 79.9. The van der Waals surface area contributed by atoms with Gasteiger partial charge >= 0.3 is 0 Å². The molecule has 0 radical (unpaired) electrons. The van der Waals surface area contributed by atoms with Gasteiger partial charge in [-0.3, -0.25) is 9.59 Å². The van der Waals surface area contributed by atoms with Crippen LogP contribution in [0, 0.1) is 5.92 Å². The van der Waals surface area contributed by atoms with Crippen molar-refractivity contribution in [3.63, 3.8) is 0 Å². The Morgan fingerprint density at radius 3 is 2.21 bits per heavy atom. The van der Waals surface area contributed by atoms with E-state index in [1.807, 2.05) is 30.9 Å². The predicted octanol–water partition coefficient (Wildman–Crippen LogP) is 2.34. The summed E-state index contributed by atoms with van der Waals surface area (Å²) < 4.78 is 0.904. The van der Waals surface area contributed by atoms with Crippen molar-refractivity contribution in [2.24, 2.45) is 5.92 Å². The van der Waals surface area contributed by atoms with Crippen molar-refractivity contribution in [1.82, 2.24) is 20.2 Å². The second kappa shape index (κ2) is 9.14. The first kappa shape index (κ1) is 20.3. The number of nitrogens with one attached hydrogen (secondary N) is 1. The maximum absolute atomic E-state index is 13.1. The van der Waals surface area contributed by atoms with E-state index in [-0.39, 0.29) is 17.7 Å². The van der Waals surface area contributed by atoms with Gasteiger partial charge in [0.2, 0.25) is 11.9 Å². The quantitative estimate of drug-likeness (QED) is 0.763. The van der Waals surface area contributed by atoms with E-state index < -0.39 is 6.04 Å². The van der Waals surface area contributed by atoms with E-state index in [9.17, 15) is 9.59 Å².